The van der Waals surface area contributed by atoms with Crippen LogP contribution in [0.4, 0.5) is 0 Å². The summed E-state index contributed by atoms with van der Waals surface area (Å²) in [4.78, 5) is 19.2. The lowest BCUT2D eigenvalue weighted by Crippen LogP contribution is -2.47. The molecule has 7 nitrogen and oxygen atoms in total. The van der Waals surface area contributed by atoms with Crippen LogP contribution in [0.5, 0.6) is 0 Å². The Morgan fingerprint density at radius 2 is 1.82 bits per heavy atom. The van der Waals surface area contributed by atoms with Crippen molar-refractivity contribution in [1.29, 1.82) is 0 Å². The number of carbonyl (C=O) groups is 1. The second-order valence-corrected chi connectivity index (χ2v) is 9.06. The summed E-state index contributed by atoms with van der Waals surface area (Å²) >= 11 is 0. The van der Waals surface area contributed by atoms with Crippen molar-refractivity contribution in [1.82, 2.24) is 19.5 Å². The lowest BCUT2D eigenvalue weighted by Gasteiger charge is -2.32. The molecule has 0 bridgehead atoms. The van der Waals surface area contributed by atoms with Crippen LogP contribution in [0.3, 0.4) is 0 Å². The lowest BCUT2D eigenvalue weighted by molar-refractivity contribution is -0.122. The zero-order valence-corrected chi connectivity index (χ0v) is 16.8. The summed E-state index contributed by atoms with van der Waals surface area (Å²) < 4.78 is 26.1. The first-order valence-electron chi connectivity index (χ1n) is 9.38. The van der Waals surface area contributed by atoms with Crippen LogP contribution >= 0.6 is 0 Å². The molecule has 0 radical (unpaired) electrons. The maximum Gasteiger partial charge on any atom is 0.243 e. The molecule has 1 fully saturated rings. The number of sulfonamides is 1. The fourth-order valence-corrected chi connectivity index (χ4v) is 4.44. The number of carbonyl (C=O) groups excluding carboxylic acids is 1. The largest absolute Gasteiger partial charge is 0.352 e. The summed E-state index contributed by atoms with van der Waals surface area (Å²) in [7, 11) is -2.23. The number of aromatic nitrogens is 1. The Morgan fingerprint density at radius 3 is 2.46 bits per heavy atom. The van der Waals surface area contributed by atoms with Crippen LogP contribution in [0.2, 0.25) is 0 Å². The van der Waals surface area contributed by atoms with Gasteiger partial charge in [0.1, 0.15) is 0 Å². The Hall–Kier alpha value is -2.29. The summed E-state index contributed by atoms with van der Waals surface area (Å²) in [5.74, 6) is -0.273. The van der Waals surface area contributed by atoms with Crippen molar-refractivity contribution >= 4 is 15.9 Å². The quantitative estimate of drug-likeness (QED) is 0.759. The fraction of sp³-hybridized carbons (Fsp3) is 0.400. The van der Waals surface area contributed by atoms with Gasteiger partial charge in [0.05, 0.1) is 17.1 Å². The Morgan fingerprint density at radius 1 is 1.14 bits per heavy atom. The summed E-state index contributed by atoms with van der Waals surface area (Å²) in [6.07, 6.45) is 3.48. The van der Waals surface area contributed by atoms with E-state index in [4.69, 9.17) is 0 Å². The van der Waals surface area contributed by atoms with Gasteiger partial charge in [-0.05, 0) is 37.1 Å². The van der Waals surface area contributed by atoms with Crippen molar-refractivity contribution in [3.63, 3.8) is 0 Å². The molecule has 2 aromatic rings. The molecule has 1 amide bonds. The smallest absolute Gasteiger partial charge is 0.243 e. The average molecular weight is 403 g/mol. The van der Waals surface area contributed by atoms with Gasteiger partial charge in [-0.2, -0.15) is 4.31 Å². The summed E-state index contributed by atoms with van der Waals surface area (Å²) in [6, 6.07) is 14.1. The van der Waals surface area contributed by atoms with Crippen LogP contribution in [0.25, 0.3) is 0 Å². The van der Waals surface area contributed by atoms with Crippen molar-refractivity contribution in [2.24, 2.45) is 0 Å². The molecule has 1 aliphatic heterocycles. The molecule has 8 heteroatoms. The average Bonchev–Trinajstić information content (AvgIpc) is 2.71. The van der Waals surface area contributed by atoms with E-state index < -0.39 is 10.0 Å². The normalized spacial score (nSPS) is 16.2. The van der Waals surface area contributed by atoms with E-state index in [0.29, 0.717) is 0 Å². The number of piperidine rings is 1. The van der Waals surface area contributed by atoms with Gasteiger partial charge in [0, 0.05) is 38.9 Å². The van der Waals surface area contributed by atoms with E-state index in [1.54, 1.807) is 24.4 Å². The number of nitrogens with one attached hydrogen (secondary N) is 1. The van der Waals surface area contributed by atoms with Gasteiger partial charge in [0.2, 0.25) is 15.9 Å². The van der Waals surface area contributed by atoms with Crippen molar-refractivity contribution in [2.75, 3.05) is 26.7 Å². The summed E-state index contributed by atoms with van der Waals surface area (Å²) in [5.41, 5.74) is 1.04. The van der Waals surface area contributed by atoms with Gasteiger partial charge >= 0.3 is 0 Å². The highest BCUT2D eigenvalue weighted by molar-refractivity contribution is 7.89. The van der Waals surface area contributed by atoms with Crippen molar-refractivity contribution in [2.45, 2.75) is 30.3 Å². The molecule has 0 atom stereocenters. The van der Waals surface area contributed by atoms with Gasteiger partial charge in [-0.25, -0.2) is 8.42 Å². The van der Waals surface area contributed by atoms with E-state index in [9.17, 15) is 13.2 Å². The van der Waals surface area contributed by atoms with E-state index in [0.717, 1.165) is 42.5 Å². The van der Waals surface area contributed by atoms with Gasteiger partial charge in [-0.1, -0.05) is 24.3 Å². The zero-order valence-electron chi connectivity index (χ0n) is 16.0. The van der Waals surface area contributed by atoms with E-state index in [-0.39, 0.29) is 23.4 Å². The third kappa shape index (κ3) is 5.37. The Balaban J connectivity index is 1.45. The van der Waals surface area contributed by atoms with E-state index >= 15 is 0 Å². The van der Waals surface area contributed by atoms with E-state index in [1.807, 2.05) is 18.2 Å². The van der Waals surface area contributed by atoms with Crippen LogP contribution in [0, 0.1) is 0 Å². The molecule has 2 heterocycles. The van der Waals surface area contributed by atoms with Gasteiger partial charge in [-0.3, -0.25) is 14.7 Å². The summed E-state index contributed by atoms with van der Waals surface area (Å²) in [6.45, 7) is 2.37. The second-order valence-electron chi connectivity index (χ2n) is 7.01. The highest BCUT2D eigenvalue weighted by atomic mass is 32.2. The molecule has 3 rings (SSSR count). The van der Waals surface area contributed by atoms with E-state index in [1.165, 1.54) is 19.2 Å². The van der Waals surface area contributed by atoms with Crippen molar-refractivity contribution in [3.8, 4) is 0 Å². The number of amides is 1. The monoisotopic (exact) mass is 402 g/mol. The highest BCUT2D eigenvalue weighted by Gasteiger charge is 2.25. The molecule has 1 aromatic heterocycles. The maximum atomic E-state index is 12.5. The molecule has 1 aliphatic rings. The fourth-order valence-electron chi connectivity index (χ4n) is 3.29. The van der Waals surface area contributed by atoms with E-state index in [2.05, 4.69) is 15.2 Å². The third-order valence-corrected chi connectivity index (χ3v) is 6.70. The molecule has 150 valence electrons. The third-order valence-electron chi connectivity index (χ3n) is 4.88. The first-order valence-corrected chi connectivity index (χ1v) is 10.8. The minimum absolute atomic E-state index is 0.0697. The standard InChI is InChI=1S/C20H26N4O3S/c1-23(28(26,27)19-8-3-2-4-9-19)16-20(25)22-17-10-13-24(14-11-17)15-18-7-5-6-12-21-18/h2-9,12,17H,10-11,13-16H2,1H3,(H,22,25). The van der Waals surface area contributed by atoms with Gasteiger partial charge in [0.25, 0.3) is 0 Å². The number of rotatable bonds is 7. The minimum atomic E-state index is -3.66. The SMILES string of the molecule is CN(CC(=O)NC1CCN(Cc2ccccn2)CC1)S(=O)(=O)c1ccccc1. The first-order chi connectivity index (χ1) is 13.4. The summed E-state index contributed by atoms with van der Waals surface area (Å²) in [5, 5.41) is 2.97. The second kappa shape index (κ2) is 9.27. The number of likely N-dealkylation sites (tertiary alicyclic amines) is 1. The predicted octanol–water partition coefficient (Wildman–Crippen LogP) is 1.48. The molecular formula is C20H26N4O3S. The van der Waals surface area contributed by atoms with Crippen LogP contribution in [0.15, 0.2) is 59.6 Å². The van der Waals surface area contributed by atoms with Crippen LogP contribution in [0.1, 0.15) is 18.5 Å². The molecule has 1 N–H and O–H groups in total. The number of benzene rings is 1. The lowest BCUT2D eigenvalue weighted by atomic mass is 10.0. The first kappa shape index (κ1) is 20.4. The molecular weight excluding hydrogens is 376 g/mol. The Kier molecular flexibility index (Phi) is 6.77. The van der Waals surface area contributed by atoms with Crippen molar-refractivity contribution < 1.29 is 13.2 Å². The van der Waals surface area contributed by atoms with Gasteiger partial charge in [-0.15, -0.1) is 0 Å². The molecule has 0 spiro atoms. The molecule has 0 saturated carbocycles. The number of hydrogen-bond acceptors (Lipinski definition) is 5. The number of pyridine rings is 1. The molecule has 1 aromatic carbocycles. The van der Waals surface area contributed by atoms with Crippen LogP contribution in [-0.2, 0) is 21.4 Å². The highest BCUT2D eigenvalue weighted by Crippen LogP contribution is 2.15. The molecule has 0 unspecified atom stereocenters. The van der Waals surface area contributed by atoms with Gasteiger partial charge in [0.15, 0.2) is 0 Å². The van der Waals surface area contributed by atoms with Crippen molar-refractivity contribution in [3.05, 3.63) is 60.4 Å². The molecule has 1 saturated heterocycles. The van der Waals surface area contributed by atoms with Crippen LogP contribution < -0.4 is 5.32 Å². The maximum absolute atomic E-state index is 12.5. The minimum Gasteiger partial charge on any atom is -0.352 e. The topological polar surface area (TPSA) is 82.6 Å². The van der Waals surface area contributed by atoms with Gasteiger partial charge < -0.3 is 5.32 Å². The zero-order chi connectivity index (χ0) is 20.0. The molecule has 28 heavy (non-hydrogen) atoms. The number of nitrogens with zero attached hydrogens (tertiary/aromatic N) is 3. The number of hydrogen-bond donors (Lipinski definition) is 1. The van der Waals surface area contributed by atoms with Crippen LogP contribution in [-0.4, -0.2) is 61.2 Å². The molecule has 0 aliphatic carbocycles. The Labute approximate surface area is 166 Å². The predicted molar refractivity (Wildman–Crippen MR) is 107 cm³/mol. The Bertz CT molecular complexity index is 867. The number of likely N-dealkylation sites (N-methyl/N-ethyl adjacent to an activating group) is 1.